The van der Waals surface area contributed by atoms with Crippen molar-refractivity contribution in [2.24, 2.45) is 5.73 Å². The molecule has 3 N–H and O–H groups in total. The number of unbranched alkanes of at least 4 members (excludes halogenated alkanes) is 1. The van der Waals surface area contributed by atoms with Crippen LogP contribution in [0.2, 0.25) is 0 Å². The number of nitrogens with one attached hydrogen (secondary N) is 1. The molecule has 4 nitrogen and oxygen atoms in total. The van der Waals surface area contributed by atoms with Crippen molar-refractivity contribution in [3.63, 3.8) is 0 Å². The molecule has 0 saturated heterocycles. The van der Waals surface area contributed by atoms with Crippen LogP contribution in [-0.4, -0.2) is 24.8 Å². The second-order valence-electron chi connectivity index (χ2n) is 2.66. The molecule has 12 heavy (non-hydrogen) atoms. The van der Waals surface area contributed by atoms with E-state index in [4.69, 9.17) is 5.73 Å². The van der Waals surface area contributed by atoms with Crippen molar-refractivity contribution in [2.45, 2.75) is 32.2 Å². The maximum absolute atomic E-state index is 11.0. The summed E-state index contributed by atoms with van der Waals surface area (Å²) in [4.78, 5) is 20.9. The van der Waals surface area contributed by atoms with Crippen molar-refractivity contribution >= 4 is 12.2 Å². The lowest BCUT2D eigenvalue weighted by molar-refractivity contribution is -0.123. The van der Waals surface area contributed by atoms with E-state index in [1.54, 1.807) is 0 Å². The molecule has 1 amide bonds. The van der Waals surface area contributed by atoms with Gasteiger partial charge in [0, 0.05) is 0 Å². The fourth-order valence-corrected chi connectivity index (χ4v) is 0.828. The minimum absolute atomic E-state index is 0.0542. The van der Waals surface area contributed by atoms with Crippen molar-refractivity contribution < 1.29 is 9.59 Å². The molecule has 0 bridgehead atoms. The van der Waals surface area contributed by atoms with Crippen LogP contribution in [0, 0.1) is 0 Å². The number of aldehydes is 1. The minimum Gasteiger partial charge on any atom is -0.348 e. The lowest BCUT2D eigenvalue weighted by atomic mass is 10.1. The number of carbonyl (C=O) groups is 2. The molecule has 0 aromatic heterocycles. The van der Waals surface area contributed by atoms with E-state index >= 15 is 0 Å². The van der Waals surface area contributed by atoms with Gasteiger partial charge in [-0.2, -0.15) is 0 Å². The van der Waals surface area contributed by atoms with Gasteiger partial charge in [-0.25, -0.2) is 0 Å². The van der Waals surface area contributed by atoms with Crippen LogP contribution < -0.4 is 11.1 Å². The fourth-order valence-electron chi connectivity index (χ4n) is 0.828. The molecule has 1 atom stereocenters. The highest BCUT2D eigenvalue weighted by Crippen LogP contribution is 1.97. The van der Waals surface area contributed by atoms with Crippen LogP contribution in [0.5, 0.6) is 0 Å². The van der Waals surface area contributed by atoms with Crippen molar-refractivity contribution in [3.8, 4) is 0 Å². The molecule has 0 aromatic carbocycles. The van der Waals surface area contributed by atoms with Crippen molar-refractivity contribution in [1.82, 2.24) is 5.32 Å². The number of hydrogen-bond donors (Lipinski definition) is 2. The van der Waals surface area contributed by atoms with Gasteiger partial charge in [-0.05, 0) is 6.42 Å². The van der Waals surface area contributed by atoms with E-state index in [9.17, 15) is 9.59 Å². The lowest BCUT2D eigenvalue weighted by Gasteiger charge is -2.09. The fraction of sp³-hybridized carbons (Fsp3) is 0.750. The zero-order valence-corrected chi connectivity index (χ0v) is 7.38. The van der Waals surface area contributed by atoms with Gasteiger partial charge in [0.25, 0.3) is 0 Å². The van der Waals surface area contributed by atoms with Gasteiger partial charge in [0.1, 0.15) is 6.29 Å². The predicted molar refractivity (Wildman–Crippen MR) is 46.6 cm³/mol. The van der Waals surface area contributed by atoms with Crippen LogP contribution in [0.1, 0.15) is 26.2 Å². The topological polar surface area (TPSA) is 72.2 Å². The largest absolute Gasteiger partial charge is 0.348 e. The van der Waals surface area contributed by atoms with Crippen LogP contribution in [-0.2, 0) is 9.59 Å². The van der Waals surface area contributed by atoms with Crippen molar-refractivity contribution in [1.29, 1.82) is 0 Å². The molecular formula is C8H16N2O2. The maximum Gasteiger partial charge on any atom is 0.237 e. The lowest BCUT2D eigenvalue weighted by Crippen LogP contribution is -2.41. The zero-order valence-electron chi connectivity index (χ0n) is 7.38. The van der Waals surface area contributed by atoms with Gasteiger partial charge >= 0.3 is 0 Å². The van der Waals surface area contributed by atoms with Gasteiger partial charge < -0.3 is 15.8 Å². The summed E-state index contributed by atoms with van der Waals surface area (Å²) in [7, 11) is 0. The van der Waals surface area contributed by atoms with Gasteiger partial charge in [0.05, 0.1) is 12.6 Å². The number of nitrogens with two attached hydrogens (primary N) is 1. The summed E-state index contributed by atoms with van der Waals surface area (Å²) in [6, 6.07) is -0.468. The van der Waals surface area contributed by atoms with E-state index in [0.717, 1.165) is 12.8 Å². The summed E-state index contributed by atoms with van der Waals surface area (Å²) >= 11 is 0. The van der Waals surface area contributed by atoms with Gasteiger partial charge in [-0.1, -0.05) is 19.8 Å². The summed E-state index contributed by atoms with van der Waals surface area (Å²) < 4.78 is 0. The Balaban J connectivity index is 3.53. The van der Waals surface area contributed by atoms with Crippen LogP contribution in [0.3, 0.4) is 0 Å². The Bertz CT molecular complexity index is 148. The number of amides is 1. The van der Waals surface area contributed by atoms with Gasteiger partial charge in [-0.15, -0.1) is 0 Å². The Morgan fingerprint density at radius 1 is 1.67 bits per heavy atom. The third kappa shape index (κ3) is 4.85. The highest BCUT2D eigenvalue weighted by molar-refractivity contribution is 5.83. The molecule has 0 spiro atoms. The van der Waals surface area contributed by atoms with E-state index in [-0.39, 0.29) is 12.5 Å². The Morgan fingerprint density at radius 2 is 2.33 bits per heavy atom. The third-order valence-electron chi connectivity index (χ3n) is 1.57. The summed E-state index contributed by atoms with van der Waals surface area (Å²) in [6.07, 6.45) is 3.29. The summed E-state index contributed by atoms with van der Waals surface area (Å²) in [6.45, 7) is 2.09. The van der Waals surface area contributed by atoms with Crippen molar-refractivity contribution in [3.05, 3.63) is 0 Å². The SMILES string of the molecule is CCCCC(N)C(=O)NCC=O. The van der Waals surface area contributed by atoms with E-state index in [2.05, 4.69) is 5.32 Å². The third-order valence-corrected chi connectivity index (χ3v) is 1.57. The molecule has 1 unspecified atom stereocenters. The first-order valence-corrected chi connectivity index (χ1v) is 4.19. The van der Waals surface area contributed by atoms with Crippen LogP contribution in [0.15, 0.2) is 0 Å². The Morgan fingerprint density at radius 3 is 2.83 bits per heavy atom. The second kappa shape index (κ2) is 6.79. The zero-order chi connectivity index (χ0) is 9.40. The molecule has 0 aliphatic heterocycles. The van der Waals surface area contributed by atoms with Crippen LogP contribution in [0.4, 0.5) is 0 Å². The maximum atomic E-state index is 11.0. The highest BCUT2D eigenvalue weighted by atomic mass is 16.2. The second-order valence-corrected chi connectivity index (χ2v) is 2.66. The molecule has 0 fully saturated rings. The number of rotatable bonds is 6. The van der Waals surface area contributed by atoms with Gasteiger partial charge in [0.15, 0.2) is 0 Å². The van der Waals surface area contributed by atoms with E-state index in [1.807, 2.05) is 6.92 Å². The Hall–Kier alpha value is -0.900. The number of carbonyl (C=O) groups excluding carboxylic acids is 2. The summed E-state index contributed by atoms with van der Waals surface area (Å²) in [5.74, 6) is -0.240. The average molecular weight is 172 g/mol. The molecule has 0 rings (SSSR count). The summed E-state index contributed by atoms with van der Waals surface area (Å²) in [5.41, 5.74) is 5.52. The standard InChI is InChI=1S/C8H16N2O2/c1-2-3-4-7(9)8(12)10-5-6-11/h6-7H,2-5,9H2,1H3,(H,10,12). The minimum atomic E-state index is -0.468. The van der Waals surface area contributed by atoms with Crippen LogP contribution in [0.25, 0.3) is 0 Å². The first-order valence-electron chi connectivity index (χ1n) is 4.19. The normalized spacial score (nSPS) is 12.2. The van der Waals surface area contributed by atoms with Crippen LogP contribution >= 0.6 is 0 Å². The molecule has 0 aliphatic rings. The Labute approximate surface area is 72.5 Å². The molecule has 0 saturated carbocycles. The van der Waals surface area contributed by atoms with E-state index in [1.165, 1.54) is 0 Å². The van der Waals surface area contributed by atoms with Gasteiger partial charge in [-0.3, -0.25) is 4.79 Å². The molecular weight excluding hydrogens is 156 g/mol. The smallest absolute Gasteiger partial charge is 0.237 e. The monoisotopic (exact) mass is 172 g/mol. The molecule has 4 heteroatoms. The highest BCUT2D eigenvalue weighted by Gasteiger charge is 2.10. The molecule has 0 aliphatic carbocycles. The first kappa shape index (κ1) is 11.1. The molecule has 0 aromatic rings. The predicted octanol–water partition coefficient (Wildman–Crippen LogP) is -0.181. The summed E-state index contributed by atoms with van der Waals surface area (Å²) in [5, 5.41) is 2.41. The molecule has 70 valence electrons. The van der Waals surface area contributed by atoms with E-state index < -0.39 is 6.04 Å². The van der Waals surface area contributed by atoms with E-state index in [0.29, 0.717) is 12.7 Å². The Kier molecular flexibility index (Phi) is 6.28. The quantitative estimate of drug-likeness (QED) is 0.546. The average Bonchev–Trinajstić information content (AvgIpc) is 2.10. The molecule has 0 radical (unpaired) electrons. The first-order chi connectivity index (χ1) is 5.72. The van der Waals surface area contributed by atoms with Crippen molar-refractivity contribution in [2.75, 3.05) is 6.54 Å². The number of hydrogen-bond acceptors (Lipinski definition) is 3. The van der Waals surface area contributed by atoms with Gasteiger partial charge in [0.2, 0.25) is 5.91 Å². The molecule has 0 heterocycles.